The van der Waals surface area contributed by atoms with Crippen LogP contribution in [0.1, 0.15) is 19.3 Å². The Hall–Kier alpha value is -0.160. The summed E-state index contributed by atoms with van der Waals surface area (Å²) in [5.74, 6) is 0. The van der Waals surface area contributed by atoms with Gasteiger partial charge in [0.2, 0.25) is 0 Å². The highest BCUT2D eigenvalue weighted by Gasteiger charge is 2.24. The van der Waals surface area contributed by atoms with Gasteiger partial charge in [0.05, 0.1) is 12.7 Å². The Kier molecular flexibility index (Phi) is 5.31. The van der Waals surface area contributed by atoms with E-state index in [2.05, 4.69) is 0 Å². The van der Waals surface area contributed by atoms with Gasteiger partial charge < -0.3 is 19.9 Å². The fourth-order valence-corrected chi connectivity index (χ4v) is 1.39. The fraction of sp³-hybridized carbons (Fsp3) is 1.00. The molecule has 78 valence electrons. The van der Waals surface area contributed by atoms with E-state index in [1.165, 1.54) is 0 Å². The van der Waals surface area contributed by atoms with Gasteiger partial charge >= 0.3 is 0 Å². The van der Waals surface area contributed by atoms with Gasteiger partial charge in [-0.1, -0.05) is 0 Å². The van der Waals surface area contributed by atoms with Crippen LogP contribution in [0.25, 0.3) is 0 Å². The van der Waals surface area contributed by atoms with Gasteiger partial charge in [0.1, 0.15) is 0 Å². The van der Waals surface area contributed by atoms with Crippen LogP contribution in [0.15, 0.2) is 0 Å². The second-order valence-electron chi connectivity index (χ2n) is 3.23. The Morgan fingerprint density at radius 3 is 3.00 bits per heavy atom. The third-order valence-electron chi connectivity index (χ3n) is 2.09. The molecule has 1 aliphatic heterocycles. The predicted molar refractivity (Wildman–Crippen MR) is 49.4 cm³/mol. The molecule has 4 nitrogen and oxygen atoms in total. The Morgan fingerprint density at radius 2 is 2.31 bits per heavy atom. The molecule has 1 saturated heterocycles. The monoisotopic (exact) mass is 189 g/mol. The lowest BCUT2D eigenvalue weighted by Crippen LogP contribution is -2.17. The van der Waals surface area contributed by atoms with E-state index >= 15 is 0 Å². The summed E-state index contributed by atoms with van der Waals surface area (Å²) in [5, 5.41) is 0. The summed E-state index contributed by atoms with van der Waals surface area (Å²) in [6.45, 7) is 2.12. The largest absolute Gasteiger partial charge is 0.385 e. The molecule has 13 heavy (non-hydrogen) atoms. The molecule has 4 heteroatoms. The van der Waals surface area contributed by atoms with Crippen molar-refractivity contribution in [1.29, 1.82) is 0 Å². The molecule has 1 fully saturated rings. The first-order valence-corrected chi connectivity index (χ1v) is 4.83. The van der Waals surface area contributed by atoms with Crippen LogP contribution in [0, 0.1) is 0 Å². The molecule has 0 bridgehead atoms. The van der Waals surface area contributed by atoms with Crippen LogP contribution in [0.4, 0.5) is 0 Å². The Morgan fingerprint density at radius 1 is 1.46 bits per heavy atom. The van der Waals surface area contributed by atoms with Crippen LogP contribution in [-0.4, -0.2) is 39.3 Å². The van der Waals surface area contributed by atoms with Crippen molar-refractivity contribution in [3.8, 4) is 0 Å². The molecule has 0 radical (unpaired) electrons. The molecule has 0 spiro atoms. The van der Waals surface area contributed by atoms with E-state index in [1.54, 1.807) is 7.11 Å². The third kappa shape index (κ3) is 4.04. The number of nitrogens with two attached hydrogens (primary N) is 1. The molecule has 2 N–H and O–H groups in total. The van der Waals surface area contributed by atoms with Crippen molar-refractivity contribution < 1.29 is 14.2 Å². The van der Waals surface area contributed by atoms with Gasteiger partial charge in [-0.3, -0.25) is 0 Å². The minimum Gasteiger partial charge on any atom is -0.385 e. The summed E-state index contributed by atoms with van der Waals surface area (Å²) in [6, 6.07) is 0. The first-order valence-electron chi connectivity index (χ1n) is 4.83. The average molecular weight is 189 g/mol. The van der Waals surface area contributed by atoms with Crippen molar-refractivity contribution in [2.45, 2.75) is 31.7 Å². The highest BCUT2D eigenvalue weighted by molar-refractivity contribution is 4.65. The van der Waals surface area contributed by atoms with Crippen molar-refractivity contribution in [2.75, 3.05) is 26.9 Å². The molecule has 0 aromatic rings. The quantitative estimate of drug-likeness (QED) is 0.618. The molecule has 1 aliphatic rings. The number of hydrogen-bond donors (Lipinski definition) is 1. The van der Waals surface area contributed by atoms with Crippen LogP contribution in [0.3, 0.4) is 0 Å². The molecular weight excluding hydrogens is 170 g/mol. The summed E-state index contributed by atoms with van der Waals surface area (Å²) in [7, 11) is 1.70. The fourth-order valence-electron chi connectivity index (χ4n) is 1.39. The summed E-state index contributed by atoms with van der Waals surface area (Å²) < 4.78 is 16.0. The van der Waals surface area contributed by atoms with E-state index < -0.39 is 0 Å². The molecule has 1 rings (SSSR count). The Labute approximate surface area is 79.3 Å². The van der Waals surface area contributed by atoms with Crippen LogP contribution in [0.5, 0.6) is 0 Å². The topological polar surface area (TPSA) is 53.7 Å². The maximum Gasteiger partial charge on any atom is 0.158 e. The smallest absolute Gasteiger partial charge is 0.158 e. The van der Waals surface area contributed by atoms with Crippen molar-refractivity contribution in [2.24, 2.45) is 5.73 Å². The minimum atomic E-state index is -0.0355. The van der Waals surface area contributed by atoms with Gasteiger partial charge in [0.15, 0.2) is 6.29 Å². The van der Waals surface area contributed by atoms with Gasteiger partial charge in [-0.25, -0.2) is 0 Å². The molecule has 0 aromatic heterocycles. The van der Waals surface area contributed by atoms with Gasteiger partial charge in [-0.15, -0.1) is 0 Å². The lowest BCUT2D eigenvalue weighted by atomic mass is 10.3. The normalized spacial score (nSPS) is 28.2. The Bertz CT molecular complexity index is 132. The van der Waals surface area contributed by atoms with Crippen LogP contribution >= 0.6 is 0 Å². The highest BCUT2D eigenvalue weighted by atomic mass is 16.7. The molecule has 0 saturated carbocycles. The van der Waals surface area contributed by atoms with Gasteiger partial charge in [0, 0.05) is 20.1 Å². The highest BCUT2D eigenvalue weighted by Crippen LogP contribution is 2.17. The molecule has 2 unspecified atom stereocenters. The van der Waals surface area contributed by atoms with E-state index in [4.69, 9.17) is 19.9 Å². The van der Waals surface area contributed by atoms with E-state index in [0.717, 1.165) is 25.9 Å². The number of rotatable bonds is 6. The van der Waals surface area contributed by atoms with Crippen molar-refractivity contribution >= 4 is 0 Å². The second-order valence-corrected chi connectivity index (χ2v) is 3.23. The summed E-state index contributed by atoms with van der Waals surface area (Å²) >= 11 is 0. The van der Waals surface area contributed by atoms with Gasteiger partial charge in [0.25, 0.3) is 0 Å². The van der Waals surface area contributed by atoms with Gasteiger partial charge in [-0.05, 0) is 19.4 Å². The van der Waals surface area contributed by atoms with E-state index in [1.807, 2.05) is 0 Å². The molecule has 2 atom stereocenters. The molecular formula is C9H19NO3. The zero-order chi connectivity index (χ0) is 9.52. The number of hydrogen-bond acceptors (Lipinski definition) is 4. The van der Waals surface area contributed by atoms with Crippen LogP contribution in [0.2, 0.25) is 0 Å². The zero-order valence-corrected chi connectivity index (χ0v) is 8.20. The van der Waals surface area contributed by atoms with Crippen LogP contribution < -0.4 is 5.73 Å². The lowest BCUT2D eigenvalue weighted by Gasteiger charge is -2.10. The summed E-state index contributed by atoms with van der Waals surface area (Å²) in [6.07, 6.45) is 2.95. The maximum atomic E-state index is 5.59. The SMILES string of the molecule is COCCCC1OCC(CCN)O1. The molecule has 0 aliphatic carbocycles. The predicted octanol–water partition coefficient (Wildman–Crippen LogP) is 0.503. The Balaban J connectivity index is 2.03. The standard InChI is InChI=1S/C9H19NO3/c1-11-6-2-3-9-12-7-8(13-9)4-5-10/h8-9H,2-7,10H2,1H3. The van der Waals surface area contributed by atoms with E-state index in [-0.39, 0.29) is 12.4 Å². The van der Waals surface area contributed by atoms with Gasteiger partial charge in [-0.2, -0.15) is 0 Å². The number of methoxy groups -OCH3 is 1. The zero-order valence-electron chi connectivity index (χ0n) is 8.20. The first-order chi connectivity index (χ1) is 6.36. The lowest BCUT2D eigenvalue weighted by molar-refractivity contribution is -0.0659. The summed E-state index contributed by atoms with van der Waals surface area (Å²) in [4.78, 5) is 0. The first kappa shape index (κ1) is 10.9. The van der Waals surface area contributed by atoms with E-state index in [0.29, 0.717) is 13.2 Å². The van der Waals surface area contributed by atoms with Crippen molar-refractivity contribution in [3.63, 3.8) is 0 Å². The summed E-state index contributed by atoms with van der Waals surface area (Å²) in [5.41, 5.74) is 5.42. The second kappa shape index (κ2) is 6.32. The van der Waals surface area contributed by atoms with E-state index in [9.17, 15) is 0 Å². The van der Waals surface area contributed by atoms with Crippen molar-refractivity contribution in [1.82, 2.24) is 0 Å². The minimum absolute atomic E-state index is 0.0355. The van der Waals surface area contributed by atoms with Crippen molar-refractivity contribution in [3.05, 3.63) is 0 Å². The molecule has 0 aromatic carbocycles. The van der Waals surface area contributed by atoms with Crippen LogP contribution in [-0.2, 0) is 14.2 Å². The molecule has 1 heterocycles. The molecule has 0 amide bonds. The average Bonchev–Trinajstić information content (AvgIpc) is 2.54. The third-order valence-corrected chi connectivity index (χ3v) is 2.09. The number of ether oxygens (including phenoxy) is 3. The maximum absolute atomic E-state index is 5.59.